The van der Waals surface area contributed by atoms with Gasteiger partial charge in [-0.25, -0.2) is 0 Å². The van der Waals surface area contributed by atoms with Gasteiger partial charge in [0, 0.05) is 21.3 Å². The van der Waals surface area contributed by atoms with Gasteiger partial charge in [0.1, 0.15) is 0 Å². The third-order valence-electron chi connectivity index (χ3n) is 2.63. The van der Waals surface area contributed by atoms with Crippen LogP contribution in [0.1, 0.15) is 11.1 Å². The molecule has 88 valence electrons. The Kier molecular flexibility index (Phi) is 4.89. The van der Waals surface area contributed by atoms with Gasteiger partial charge in [0.25, 0.3) is 0 Å². The molecule has 0 amide bonds. The normalized spacial score (nSPS) is 13.4. The highest BCUT2D eigenvalue weighted by Gasteiger charge is 2.46. The molecular formula is C12H18O3Si. The Hall–Kier alpha value is -0.943. The predicted molar refractivity (Wildman–Crippen MR) is 66.2 cm³/mol. The molecule has 16 heavy (non-hydrogen) atoms. The van der Waals surface area contributed by atoms with E-state index in [-0.39, 0.29) is 5.54 Å². The van der Waals surface area contributed by atoms with Crippen molar-refractivity contribution in [3.8, 4) is 0 Å². The minimum Gasteiger partial charge on any atom is -0.376 e. The summed E-state index contributed by atoms with van der Waals surface area (Å²) in [4.78, 5) is 0. The summed E-state index contributed by atoms with van der Waals surface area (Å²) >= 11 is 0. The SMILES string of the molecule is C=CC(c1ccccc1)[Si](OC)(OC)OC. The topological polar surface area (TPSA) is 27.7 Å². The minimum atomic E-state index is -2.71. The Morgan fingerprint density at radius 1 is 1.06 bits per heavy atom. The van der Waals surface area contributed by atoms with Crippen molar-refractivity contribution in [1.29, 1.82) is 0 Å². The fourth-order valence-corrected chi connectivity index (χ4v) is 3.93. The average molecular weight is 238 g/mol. The summed E-state index contributed by atoms with van der Waals surface area (Å²) in [6.07, 6.45) is 1.82. The number of benzene rings is 1. The Balaban J connectivity index is 3.10. The maximum atomic E-state index is 5.47. The lowest BCUT2D eigenvalue weighted by Gasteiger charge is -2.30. The van der Waals surface area contributed by atoms with E-state index in [2.05, 4.69) is 6.58 Å². The molecular weight excluding hydrogens is 220 g/mol. The lowest BCUT2D eigenvalue weighted by atomic mass is 10.1. The van der Waals surface area contributed by atoms with Crippen LogP contribution in [0, 0.1) is 0 Å². The molecule has 1 atom stereocenters. The Bertz CT molecular complexity index is 314. The van der Waals surface area contributed by atoms with Crippen LogP contribution >= 0.6 is 0 Å². The zero-order valence-corrected chi connectivity index (χ0v) is 11.0. The van der Waals surface area contributed by atoms with E-state index in [9.17, 15) is 0 Å². The summed E-state index contributed by atoms with van der Waals surface area (Å²) in [5, 5.41) is 0. The van der Waals surface area contributed by atoms with Gasteiger partial charge in [-0.15, -0.1) is 6.58 Å². The highest BCUT2D eigenvalue weighted by atomic mass is 28.4. The molecule has 1 unspecified atom stereocenters. The quantitative estimate of drug-likeness (QED) is 0.562. The second-order valence-corrected chi connectivity index (χ2v) is 6.39. The Morgan fingerprint density at radius 2 is 1.56 bits per heavy atom. The summed E-state index contributed by atoms with van der Waals surface area (Å²) in [5.41, 5.74) is 1.04. The van der Waals surface area contributed by atoms with Crippen LogP contribution in [-0.4, -0.2) is 30.1 Å². The predicted octanol–water partition coefficient (Wildman–Crippen LogP) is 2.37. The van der Waals surface area contributed by atoms with Crippen molar-refractivity contribution in [2.24, 2.45) is 0 Å². The van der Waals surface area contributed by atoms with Gasteiger partial charge >= 0.3 is 8.80 Å². The standard InChI is InChI=1S/C12H18O3Si/c1-5-12(11-9-7-6-8-10-11)16(13-2,14-3)15-4/h5-10,12H,1H2,2-4H3. The van der Waals surface area contributed by atoms with Gasteiger partial charge in [0.2, 0.25) is 0 Å². The summed E-state index contributed by atoms with van der Waals surface area (Å²) in [6, 6.07) is 9.97. The third-order valence-corrected chi connectivity index (χ3v) is 5.67. The van der Waals surface area contributed by atoms with Crippen molar-refractivity contribution in [3.63, 3.8) is 0 Å². The number of hydrogen-bond donors (Lipinski definition) is 0. The fraction of sp³-hybridized carbons (Fsp3) is 0.333. The maximum Gasteiger partial charge on any atom is 0.512 e. The van der Waals surface area contributed by atoms with E-state index in [4.69, 9.17) is 13.3 Å². The second kappa shape index (κ2) is 5.96. The Morgan fingerprint density at radius 3 is 1.94 bits per heavy atom. The molecule has 0 saturated heterocycles. The Labute approximate surface area is 98.0 Å². The molecule has 4 heteroatoms. The molecule has 0 saturated carbocycles. The van der Waals surface area contributed by atoms with Crippen molar-refractivity contribution >= 4 is 8.80 Å². The first kappa shape index (κ1) is 13.1. The van der Waals surface area contributed by atoms with Crippen LogP contribution in [0.15, 0.2) is 43.0 Å². The van der Waals surface area contributed by atoms with Crippen LogP contribution in [0.4, 0.5) is 0 Å². The molecule has 0 aliphatic carbocycles. The van der Waals surface area contributed by atoms with E-state index in [1.165, 1.54) is 0 Å². The molecule has 0 aromatic heterocycles. The molecule has 1 rings (SSSR count). The maximum absolute atomic E-state index is 5.47. The monoisotopic (exact) mass is 238 g/mol. The van der Waals surface area contributed by atoms with E-state index in [0.717, 1.165) is 5.56 Å². The number of allylic oxidation sites excluding steroid dienone is 1. The van der Waals surface area contributed by atoms with Crippen LogP contribution in [0.5, 0.6) is 0 Å². The van der Waals surface area contributed by atoms with Crippen molar-refractivity contribution in [2.75, 3.05) is 21.3 Å². The van der Waals surface area contributed by atoms with E-state index in [0.29, 0.717) is 0 Å². The van der Waals surface area contributed by atoms with Gasteiger partial charge in [-0.2, -0.15) is 0 Å². The first-order valence-corrected chi connectivity index (χ1v) is 6.87. The molecule has 0 radical (unpaired) electrons. The molecule has 0 N–H and O–H groups in total. The van der Waals surface area contributed by atoms with Crippen LogP contribution in [0.3, 0.4) is 0 Å². The summed E-state index contributed by atoms with van der Waals surface area (Å²) in [5.74, 6) is 0. The molecule has 1 aromatic carbocycles. The summed E-state index contributed by atoms with van der Waals surface area (Å²) < 4.78 is 16.4. The largest absolute Gasteiger partial charge is 0.512 e. The second-order valence-electron chi connectivity index (χ2n) is 3.34. The molecule has 0 heterocycles. The first-order valence-electron chi connectivity index (χ1n) is 5.07. The van der Waals surface area contributed by atoms with Crippen LogP contribution in [0.2, 0.25) is 0 Å². The number of rotatable bonds is 6. The van der Waals surface area contributed by atoms with Gasteiger partial charge < -0.3 is 13.3 Å². The van der Waals surface area contributed by atoms with Crippen LogP contribution in [-0.2, 0) is 13.3 Å². The molecule has 3 nitrogen and oxygen atoms in total. The van der Waals surface area contributed by atoms with Gasteiger partial charge in [-0.3, -0.25) is 0 Å². The van der Waals surface area contributed by atoms with Gasteiger partial charge in [-0.1, -0.05) is 36.4 Å². The fourth-order valence-electron chi connectivity index (χ4n) is 1.78. The molecule has 0 bridgehead atoms. The lowest BCUT2D eigenvalue weighted by Crippen LogP contribution is -2.48. The van der Waals surface area contributed by atoms with Crippen LogP contribution in [0.25, 0.3) is 0 Å². The molecule has 1 aromatic rings. The molecule has 0 aliphatic heterocycles. The first-order chi connectivity index (χ1) is 7.74. The third kappa shape index (κ3) is 2.41. The van der Waals surface area contributed by atoms with E-state index in [1.807, 2.05) is 36.4 Å². The summed E-state index contributed by atoms with van der Waals surface area (Å²) in [6.45, 7) is 3.84. The minimum absolute atomic E-state index is 0.0475. The van der Waals surface area contributed by atoms with Gasteiger partial charge in [0.05, 0.1) is 5.54 Å². The van der Waals surface area contributed by atoms with E-state index in [1.54, 1.807) is 21.3 Å². The van der Waals surface area contributed by atoms with Crippen molar-refractivity contribution in [3.05, 3.63) is 48.6 Å². The lowest BCUT2D eigenvalue weighted by molar-refractivity contribution is 0.117. The smallest absolute Gasteiger partial charge is 0.376 e. The van der Waals surface area contributed by atoms with E-state index < -0.39 is 8.80 Å². The number of hydrogen-bond acceptors (Lipinski definition) is 3. The average Bonchev–Trinajstić information content (AvgIpc) is 2.37. The molecule has 0 fully saturated rings. The van der Waals surface area contributed by atoms with E-state index >= 15 is 0 Å². The molecule has 0 spiro atoms. The van der Waals surface area contributed by atoms with Crippen molar-refractivity contribution < 1.29 is 13.3 Å². The zero-order valence-electron chi connectivity index (χ0n) is 9.97. The highest BCUT2D eigenvalue weighted by molar-refractivity contribution is 6.62. The highest BCUT2D eigenvalue weighted by Crippen LogP contribution is 2.29. The zero-order chi connectivity index (χ0) is 12.0. The van der Waals surface area contributed by atoms with Crippen molar-refractivity contribution in [2.45, 2.75) is 5.54 Å². The molecule has 0 aliphatic rings. The van der Waals surface area contributed by atoms with Crippen molar-refractivity contribution in [1.82, 2.24) is 0 Å². The van der Waals surface area contributed by atoms with Gasteiger partial charge in [-0.05, 0) is 5.56 Å². The van der Waals surface area contributed by atoms with Crippen LogP contribution < -0.4 is 0 Å². The van der Waals surface area contributed by atoms with Gasteiger partial charge in [0.15, 0.2) is 0 Å². The summed E-state index contributed by atoms with van der Waals surface area (Å²) in [7, 11) is 2.12.